The maximum atomic E-state index is 12.5. The summed E-state index contributed by atoms with van der Waals surface area (Å²) in [6.45, 7) is 5.96. The second-order valence-corrected chi connectivity index (χ2v) is 7.55. The molecule has 2 N–H and O–H groups in total. The summed E-state index contributed by atoms with van der Waals surface area (Å²) in [6.07, 6.45) is 0. The first-order chi connectivity index (χ1) is 10.2. The topological polar surface area (TPSA) is 78.5 Å². The Labute approximate surface area is 132 Å². The van der Waals surface area contributed by atoms with Gasteiger partial charge in [-0.2, -0.15) is 4.31 Å². The van der Waals surface area contributed by atoms with Crippen molar-refractivity contribution in [2.75, 3.05) is 27.2 Å². The van der Waals surface area contributed by atoms with E-state index in [-0.39, 0.29) is 23.4 Å². The number of benzene rings is 1. The fourth-order valence-electron chi connectivity index (χ4n) is 1.77. The molecule has 0 bridgehead atoms. The number of amides is 1. The number of hydrogen-bond donors (Lipinski definition) is 2. The summed E-state index contributed by atoms with van der Waals surface area (Å²) < 4.78 is 26.0. The van der Waals surface area contributed by atoms with Gasteiger partial charge in [0.2, 0.25) is 15.9 Å². The van der Waals surface area contributed by atoms with Crippen molar-refractivity contribution in [3.63, 3.8) is 0 Å². The largest absolute Gasteiger partial charge is 0.353 e. The highest BCUT2D eigenvalue weighted by Crippen LogP contribution is 2.17. The molecule has 124 valence electrons. The Morgan fingerprint density at radius 2 is 1.91 bits per heavy atom. The van der Waals surface area contributed by atoms with Crippen LogP contribution < -0.4 is 10.6 Å². The van der Waals surface area contributed by atoms with Crippen molar-refractivity contribution in [1.29, 1.82) is 0 Å². The van der Waals surface area contributed by atoms with Gasteiger partial charge in [0.1, 0.15) is 0 Å². The Bertz CT molecular complexity index is 629. The third-order valence-corrected chi connectivity index (χ3v) is 5.45. The molecule has 0 saturated carbocycles. The fraction of sp³-hybridized carbons (Fsp3) is 0.533. The van der Waals surface area contributed by atoms with Crippen molar-refractivity contribution in [3.8, 4) is 0 Å². The van der Waals surface area contributed by atoms with E-state index in [0.29, 0.717) is 6.54 Å². The third-order valence-electron chi connectivity index (χ3n) is 3.65. The summed E-state index contributed by atoms with van der Waals surface area (Å²) in [5, 5.41) is 5.70. The summed E-state index contributed by atoms with van der Waals surface area (Å²) >= 11 is 0. The first-order valence-corrected chi connectivity index (χ1v) is 8.60. The van der Waals surface area contributed by atoms with E-state index in [9.17, 15) is 13.2 Å². The van der Waals surface area contributed by atoms with E-state index in [1.54, 1.807) is 25.2 Å². The van der Waals surface area contributed by atoms with Crippen LogP contribution in [0.5, 0.6) is 0 Å². The minimum absolute atomic E-state index is 0.130. The molecule has 1 atom stereocenters. The average molecular weight is 327 g/mol. The quantitative estimate of drug-likeness (QED) is 0.771. The minimum Gasteiger partial charge on any atom is -0.353 e. The molecule has 0 heterocycles. The summed E-state index contributed by atoms with van der Waals surface area (Å²) in [6, 6.07) is 5.09. The third kappa shape index (κ3) is 4.79. The van der Waals surface area contributed by atoms with Gasteiger partial charge in [-0.05, 0) is 51.1 Å². The predicted octanol–water partition coefficient (Wildman–Crippen LogP) is 0.648. The number of nitrogens with one attached hydrogen (secondary N) is 2. The van der Waals surface area contributed by atoms with E-state index in [4.69, 9.17) is 0 Å². The highest BCUT2D eigenvalue weighted by atomic mass is 32.2. The zero-order chi connectivity index (χ0) is 16.9. The summed E-state index contributed by atoms with van der Waals surface area (Å²) in [5.74, 6) is -0.322. The molecule has 7 heteroatoms. The van der Waals surface area contributed by atoms with Gasteiger partial charge in [0, 0.05) is 19.6 Å². The maximum absolute atomic E-state index is 12.5. The Balaban J connectivity index is 2.76. The van der Waals surface area contributed by atoms with Gasteiger partial charge in [0.15, 0.2) is 0 Å². The Morgan fingerprint density at radius 1 is 1.27 bits per heavy atom. The molecule has 22 heavy (non-hydrogen) atoms. The number of rotatable bonds is 7. The van der Waals surface area contributed by atoms with Crippen molar-refractivity contribution in [2.24, 2.45) is 0 Å². The van der Waals surface area contributed by atoms with E-state index < -0.39 is 10.0 Å². The van der Waals surface area contributed by atoms with Crippen LogP contribution in [0.3, 0.4) is 0 Å². The molecule has 0 radical (unpaired) electrons. The molecule has 6 nitrogen and oxygen atoms in total. The van der Waals surface area contributed by atoms with Gasteiger partial charge in [-0.3, -0.25) is 4.79 Å². The molecule has 1 rings (SSSR count). The monoisotopic (exact) mass is 327 g/mol. The number of carbonyl (C=O) groups is 1. The van der Waals surface area contributed by atoms with E-state index >= 15 is 0 Å². The molecule has 0 aliphatic heterocycles. The molecule has 1 aromatic rings. The fourth-order valence-corrected chi connectivity index (χ4v) is 2.98. The van der Waals surface area contributed by atoms with Gasteiger partial charge >= 0.3 is 0 Å². The Hall–Kier alpha value is -1.44. The van der Waals surface area contributed by atoms with Gasteiger partial charge in [0.25, 0.3) is 0 Å². The molecule has 0 spiro atoms. The maximum Gasteiger partial charge on any atom is 0.243 e. The van der Waals surface area contributed by atoms with E-state index in [1.165, 1.54) is 7.05 Å². The second-order valence-electron chi connectivity index (χ2n) is 5.50. The molecule has 0 fully saturated rings. The van der Waals surface area contributed by atoms with Crippen LogP contribution in [-0.2, 0) is 14.8 Å². The molecule has 0 aliphatic rings. The number of sulfonamides is 1. The molecule has 1 unspecified atom stereocenters. The van der Waals surface area contributed by atoms with Gasteiger partial charge in [-0.25, -0.2) is 8.42 Å². The first kappa shape index (κ1) is 18.6. The van der Waals surface area contributed by atoms with Crippen LogP contribution in [0.4, 0.5) is 0 Å². The number of hydrogen-bond acceptors (Lipinski definition) is 4. The summed E-state index contributed by atoms with van der Waals surface area (Å²) in [5.41, 5.74) is 1.93. The van der Waals surface area contributed by atoms with Gasteiger partial charge in [-0.15, -0.1) is 0 Å². The highest BCUT2D eigenvalue weighted by molar-refractivity contribution is 7.89. The number of nitrogens with zero attached hydrogens (tertiary/aromatic N) is 1. The van der Waals surface area contributed by atoms with Crippen LogP contribution in [0, 0.1) is 13.8 Å². The highest BCUT2D eigenvalue weighted by Gasteiger charge is 2.23. The normalized spacial score (nSPS) is 13.2. The first-order valence-electron chi connectivity index (χ1n) is 7.16. The average Bonchev–Trinajstić information content (AvgIpc) is 2.47. The van der Waals surface area contributed by atoms with Crippen molar-refractivity contribution in [3.05, 3.63) is 29.3 Å². The lowest BCUT2D eigenvalue weighted by Gasteiger charge is -2.18. The zero-order valence-corrected chi connectivity index (χ0v) is 14.6. The Morgan fingerprint density at radius 3 is 2.45 bits per heavy atom. The van der Waals surface area contributed by atoms with Crippen LogP contribution in [-0.4, -0.2) is 51.9 Å². The summed E-state index contributed by atoms with van der Waals surface area (Å²) in [4.78, 5) is 12.0. The lowest BCUT2D eigenvalue weighted by Crippen LogP contribution is -2.42. The number of likely N-dealkylation sites (N-methyl/N-ethyl adjacent to an activating group) is 2. The van der Waals surface area contributed by atoms with E-state index in [2.05, 4.69) is 10.6 Å². The summed E-state index contributed by atoms with van der Waals surface area (Å²) in [7, 11) is -0.453. The van der Waals surface area contributed by atoms with Crippen molar-refractivity contribution < 1.29 is 13.2 Å². The molecule has 1 amide bonds. The smallest absolute Gasteiger partial charge is 0.243 e. The van der Waals surface area contributed by atoms with Crippen molar-refractivity contribution >= 4 is 15.9 Å². The molecule has 0 saturated heterocycles. The molecule has 1 aromatic carbocycles. The molecule has 0 aliphatic carbocycles. The van der Waals surface area contributed by atoms with Crippen LogP contribution >= 0.6 is 0 Å². The lowest BCUT2D eigenvalue weighted by molar-refractivity contribution is -0.121. The van der Waals surface area contributed by atoms with Gasteiger partial charge in [-0.1, -0.05) is 6.07 Å². The SMILES string of the molecule is CNC(C)CNC(=O)CN(C)S(=O)(=O)c1ccc(C)c(C)c1. The minimum atomic E-state index is -3.66. The van der Waals surface area contributed by atoms with Gasteiger partial charge in [0.05, 0.1) is 11.4 Å². The molecular formula is C15H25N3O3S. The van der Waals surface area contributed by atoms with Crippen LogP contribution in [0.2, 0.25) is 0 Å². The van der Waals surface area contributed by atoms with Crippen molar-refractivity contribution in [2.45, 2.75) is 31.7 Å². The zero-order valence-electron chi connectivity index (χ0n) is 13.8. The lowest BCUT2D eigenvalue weighted by atomic mass is 10.1. The van der Waals surface area contributed by atoms with Crippen LogP contribution in [0.25, 0.3) is 0 Å². The molecular weight excluding hydrogens is 302 g/mol. The Kier molecular flexibility index (Phi) is 6.52. The van der Waals surface area contributed by atoms with E-state index in [1.807, 2.05) is 20.8 Å². The van der Waals surface area contributed by atoms with Crippen LogP contribution in [0.1, 0.15) is 18.1 Å². The number of carbonyl (C=O) groups excluding carboxylic acids is 1. The second kappa shape index (κ2) is 7.71. The van der Waals surface area contributed by atoms with Gasteiger partial charge < -0.3 is 10.6 Å². The van der Waals surface area contributed by atoms with Crippen LogP contribution in [0.15, 0.2) is 23.1 Å². The molecule has 0 aromatic heterocycles. The van der Waals surface area contributed by atoms with Crippen molar-refractivity contribution in [1.82, 2.24) is 14.9 Å². The standard InChI is InChI=1S/C15H25N3O3S/c1-11-6-7-14(8-12(11)2)22(20,21)18(5)10-15(19)17-9-13(3)16-4/h6-8,13,16H,9-10H2,1-5H3,(H,17,19). The van der Waals surface area contributed by atoms with E-state index in [0.717, 1.165) is 15.4 Å². The number of aryl methyl sites for hydroxylation is 2. The predicted molar refractivity (Wildman–Crippen MR) is 87.3 cm³/mol.